The minimum Gasteiger partial charge on any atom is -0.377 e. The minimum absolute atomic E-state index is 0.166. The van der Waals surface area contributed by atoms with Crippen molar-refractivity contribution in [3.05, 3.63) is 24.0 Å². The lowest BCUT2D eigenvalue weighted by Gasteiger charge is -2.26. The second-order valence-electron chi connectivity index (χ2n) is 6.64. The number of anilines is 2. The summed E-state index contributed by atoms with van der Waals surface area (Å²) in [4.78, 5) is 25.2. The lowest BCUT2D eigenvalue weighted by Crippen LogP contribution is -2.36. The van der Waals surface area contributed by atoms with Gasteiger partial charge in [-0.15, -0.1) is 0 Å². The molecule has 3 heterocycles. The minimum atomic E-state index is -1.51. The Morgan fingerprint density at radius 2 is 2.24 bits per heavy atom. The van der Waals surface area contributed by atoms with E-state index in [0.29, 0.717) is 30.0 Å². The maximum atomic E-state index is 14.2. The number of fused-ring (bicyclic) bond motifs is 1. The highest BCUT2D eigenvalue weighted by atomic mass is 19.1. The standard InChI is InChI=1S/C16H21FN6O2/c1-9(16(2,3)17)21-13-11(14(18)24)7-20-23-8-10(6-12(13)23)22-5-4-19-15(22)25/h6-9,21H,4-5H2,1-3H3,(H2,18,24)(H,19,25). The van der Waals surface area contributed by atoms with Gasteiger partial charge in [-0.05, 0) is 26.8 Å². The molecule has 134 valence electrons. The Hall–Kier alpha value is -2.84. The van der Waals surface area contributed by atoms with Crippen molar-refractivity contribution in [3.63, 3.8) is 0 Å². The van der Waals surface area contributed by atoms with Crippen molar-refractivity contribution >= 4 is 28.8 Å². The Morgan fingerprint density at radius 3 is 2.80 bits per heavy atom. The number of halogens is 1. The fourth-order valence-corrected chi connectivity index (χ4v) is 2.64. The number of carbonyl (C=O) groups excluding carboxylic acids is 2. The molecule has 9 heteroatoms. The Morgan fingerprint density at radius 1 is 1.52 bits per heavy atom. The Labute approximate surface area is 144 Å². The third-order valence-electron chi connectivity index (χ3n) is 4.45. The summed E-state index contributed by atoms with van der Waals surface area (Å²) < 4.78 is 15.8. The molecule has 1 atom stereocenters. The summed E-state index contributed by atoms with van der Waals surface area (Å²) in [6.07, 6.45) is 3.02. The summed E-state index contributed by atoms with van der Waals surface area (Å²) in [5, 5.41) is 9.93. The summed E-state index contributed by atoms with van der Waals surface area (Å²) in [7, 11) is 0. The molecule has 3 amide bonds. The van der Waals surface area contributed by atoms with Crippen LogP contribution in [0.4, 0.5) is 20.6 Å². The van der Waals surface area contributed by atoms with Crippen LogP contribution in [0.25, 0.3) is 5.52 Å². The second kappa shape index (κ2) is 5.91. The van der Waals surface area contributed by atoms with Crippen LogP contribution in [0.5, 0.6) is 0 Å². The molecule has 25 heavy (non-hydrogen) atoms. The second-order valence-corrected chi connectivity index (χ2v) is 6.64. The molecule has 4 N–H and O–H groups in total. The van der Waals surface area contributed by atoms with E-state index in [-0.39, 0.29) is 11.6 Å². The van der Waals surface area contributed by atoms with E-state index in [1.807, 2.05) is 0 Å². The summed E-state index contributed by atoms with van der Waals surface area (Å²) >= 11 is 0. The number of amides is 3. The predicted molar refractivity (Wildman–Crippen MR) is 92.7 cm³/mol. The largest absolute Gasteiger partial charge is 0.377 e. The molecule has 0 aromatic carbocycles. The van der Waals surface area contributed by atoms with Crippen LogP contribution < -0.4 is 21.3 Å². The Bertz CT molecular complexity index is 841. The van der Waals surface area contributed by atoms with Gasteiger partial charge in [0.1, 0.15) is 5.67 Å². The van der Waals surface area contributed by atoms with Crippen molar-refractivity contribution in [1.29, 1.82) is 0 Å². The smallest absolute Gasteiger partial charge is 0.322 e. The van der Waals surface area contributed by atoms with Crippen LogP contribution in [-0.2, 0) is 0 Å². The fourth-order valence-electron chi connectivity index (χ4n) is 2.64. The van der Waals surface area contributed by atoms with Gasteiger partial charge in [-0.1, -0.05) is 0 Å². The predicted octanol–water partition coefficient (Wildman–Crippen LogP) is 1.51. The molecule has 0 radical (unpaired) electrons. The SMILES string of the molecule is CC(Nc1c(C(N)=O)cnn2cc(N3CCNC3=O)cc12)C(C)(C)F. The zero-order valence-electron chi connectivity index (χ0n) is 14.3. The van der Waals surface area contributed by atoms with Crippen LogP contribution in [-0.4, -0.2) is 46.4 Å². The summed E-state index contributed by atoms with van der Waals surface area (Å²) in [6, 6.07) is 0.953. The van der Waals surface area contributed by atoms with E-state index in [1.54, 1.807) is 24.1 Å². The average Bonchev–Trinajstić information content (AvgIpc) is 3.11. The van der Waals surface area contributed by atoms with E-state index in [4.69, 9.17) is 5.73 Å². The number of nitrogens with one attached hydrogen (secondary N) is 2. The van der Waals surface area contributed by atoms with Gasteiger partial charge in [0.2, 0.25) is 0 Å². The molecule has 0 saturated carbocycles. The van der Waals surface area contributed by atoms with E-state index in [0.717, 1.165) is 0 Å². The van der Waals surface area contributed by atoms with Gasteiger partial charge in [0.05, 0.1) is 40.9 Å². The van der Waals surface area contributed by atoms with Gasteiger partial charge in [0, 0.05) is 13.1 Å². The number of alkyl halides is 1. The van der Waals surface area contributed by atoms with E-state index in [1.165, 1.54) is 24.6 Å². The number of rotatable bonds is 5. The quantitative estimate of drug-likeness (QED) is 0.762. The number of aromatic nitrogens is 2. The van der Waals surface area contributed by atoms with Gasteiger partial charge >= 0.3 is 6.03 Å². The summed E-state index contributed by atoms with van der Waals surface area (Å²) in [6.45, 7) is 5.67. The first-order chi connectivity index (χ1) is 11.7. The average molecular weight is 348 g/mol. The van der Waals surface area contributed by atoms with E-state index >= 15 is 0 Å². The molecule has 2 aromatic heterocycles. The van der Waals surface area contributed by atoms with E-state index < -0.39 is 17.6 Å². The number of hydrogen-bond acceptors (Lipinski definition) is 4. The van der Waals surface area contributed by atoms with Gasteiger partial charge in [0.15, 0.2) is 0 Å². The highest BCUT2D eigenvalue weighted by Crippen LogP contribution is 2.30. The molecular weight excluding hydrogens is 327 g/mol. The molecule has 0 bridgehead atoms. The topological polar surface area (TPSA) is 105 Å². The number of nitrogens with two attached hydrogens (primary N) is 1. The third-order valence-corrected chi connectivity index (χ3v) is 4.45. The normalized spacial score (nSPS) is 16.2. The van der Waals surface area contributed by atoms with Crippen LogP contribution in [0.3, 0.4) is 0 Å². The molecule has 2 aromatic rings. The van der Waals surface area contributed by atoms with Crippen molar-refractivity contribution in [2.45, 2.75) is 32.5 Å². The maximum Gasteiger partial charge on any atom is 0.322 e. The molecule has 3 rings (SSSR count). The van der Waals surface area contributed by atoms with Crippen LogP contribution in [0.2, 0.25) is 0 Å². The molecule has 0 spiro atoms. The third kappa shape index (κ3) is 3.09. The van der Waals surface area contributed by atoms with Gasteiger partial charge in [-0.3, -0.25) is 9.69 Å². The zero-order valence-corrected chi connectivity index (χ0v) is 14.3. The summed E-state index contributed by atoms with van der Waals surface area (Å²) in [5.41, 5.74) is 5.67. The van der Waals surface area contributed by atoms with E-state index in [9.17, 15) is 14.0 Å². The van der Waals surface area contributed by atoms with Gasteiger partial charge in [0.25, 0.3) is 5.91 Å². The molecular formula is C16H21FN6O2. The van der Waals surface area contributed by atoms with Gasteiger partial charge in [-0.25, -0.2) is 13.7 Å². The van der Waals surface area contributed by atoms with Crippen LogP contribution in [0.1, 0.15) is 31.1 Å². The van der Waals surface area contributed by atoms with E-state index in [2.05, 4.69) is 15.7 Å². The molecule has 1 aliphatic rings. The number of carbonyl (C=O) groups is 2. The maximum absolute atomic E-state index is 14.2. The van der Waals surface area contributed by atoms with Crippen molar-refractivity contribution < 1.29 is 14.0 Å². The first-order valence-corrected chi connectivity index (χ1v) is 8.00. The molecule has 1 aliphatic heterocycles. The monoisotopic (exact) mass is 348 g/mol. The van der Waals surface area contributed by atoms with Crippen molar-refractivity contribution in [2.24, 2.45) is 5.73 Å². The lowest BCUT2D eigenvalue weighted by atomic mass is 10.0. The Kier molecular flexibility index (Phi) is 4.02. The molecule has 1 unspecified atom stereocenters. The van der Waals surface area contributed by atoms with Gasteiger partial charge < -0.3 is 16.4 Å². The van der Waals surface area contributed by atoms with Crippen molar-refractivity contribution in [1.82, 2.24) is 14.9 Å². The van der Waals surface area contributed by atoms with Gasteiger partial charge in [-0.2, -0.15) is 5.10 Å². The molecule has 0 aliphatic carbocycles. The van der Waals surface area contributed by atoms with Crippen LogP contribution in [0, 0.1) is 0 Å². The summed E-state index contributed by atoms with van der Waals surface area (Å²) in [5.74, 6) is -0.664. The lowest BCUT2D eigenvalue weighted by molar-refractivity contribution is 0.1000. The zero-order chi connectivity index (χ0) is 18.4. The number of nitrogens with zero attached hydrogens (tertiary/aromatic N) is 3. The molecule has 8 nitrogen and oxygen atoms in total. The molecule has 1 saturated heterocycles. The Balaban J connectivity index is 2.10. The fraction of sp³-hybridized carbons (Fsp3) is 0.438. The molecule has 1 fully saturated rings. The van der Waals surface area contributed by atoms with Crippen molar-refractivity contribution in [3.8, 4) is 0 Å². The highest BCUT2D eigenvalue weighted by Gasteiger charge is 2.28. The van der Waals surface area contributed by atoms with Crippen LogP contribution >= 0.6 is 0 Å². The van der Waals surface area contributed by atoms with Crippen molar-refractivity contribution in [2.75, 3.05) is 23.3 Å². The first-order valence-electron chi connectivity index (χ1n) is 8.00. The number of primary amides is 1. The van der Waals surface area contributed by atoms with Crippen LogP contribution in [0.15, 0.2) is 18.5 Å². The number of urea groups is 1. The highest BCUT2D eigenvalue weighted by molar-refractivity contribution is 6.03. The number of hydrogen-bond donors (Lipinski definition) is 3. The first kappa shape index (κ1) is 17.0.